The van der Waals surface area contributed by atoms with Crippen molar-refractivity contribution in [3.8, 4) is 11.5 Å². The van der Waals surface area contributed by atoms with Crippen molar-refractivity contribution in [3.05, 3.63) is 115 Å². The molecule has 5 N–H and O–H groups in total. The van der Waals surface area contributed by atoms with Crippen LogP contribution in [0.4, 0.5) is 20.2 Å². The Morgan fingerprint density at radius 2 is 1.06 bits per heavy atom. The van der Waals surface area contributed by atoms with Gasteiger partial charge in [-0.1, -0.05) is 60.3 Å². The van der Waals surface area contributed by atoms with E-state index in [1.807, 2.05) is 13.8 Å². The van der Waals surface area contributed by atoms with Crippen LogP contribution < -0.4 is 25.4 Å². The predicted octanol–water partition coefficient (Wildman–Crippen LogP) is 9.51. The van der Waals surface area contributed by atoms with Gasteiger partial charge in [0, 0.05) is 30.0 Å². The monoisotopic (exact) mass is 813 g/mol. The molecule has 53 heavy (non-hydrogen) atoms. The molecule has 4 rings (SSSR count). The first kappa shape index (κ1) is 42.9. The lowest BCUT2D eigenvalue weighted by molar-refractivity contribution is -0.137. The zero-order chi connectivity index (χ0) is 39.1. The van der Waals surface area contributed by atoms with Gasteiger partial charge in [-0.05, 0) is 90.2 Å². The van der Waals surface area contributed by atoms with E-state index in [4.69, 9.17) is 66.1 Å². The maximum atomic E-state index is 13.8. The Bertz CT molecular complexity index is 1870. The van der Waals surface area contributed by atoms with Crippen LogP contribution in [0.2, 0.25) is 20.1 Å². The normalized spacial score (nSPS) is 10.5. The quantitative estimate of drug-likeness (QED) is 0.0704. The van der Waals surface area contributed by atoms with Gasteiger partial charge in [-0.3, -0.25) is 14.4 Å². The van der Waals surface area contributed by atoms with Crippen LogP contribution in [0.15, 0.2) is 60.7 Å². The first-order chi connectivity index (χ1) is 25.2. The summed E-state index contributed by atoms with van der Waals surface area (Å²) in [5.74, 6) is -3.16. The summed E-state index contributed by atoms with van der Waals surface area (Å²) in [5, 5.41) is 26.4. The molecule has 0 fully saturated rings. The van der Waals surface area contributed by atoms with Crippen molar-refractivity contribution in [2.75, 3.05) is 30.3 Å². The first-order valence-electron chi connectivity index (χ1n) is 16.2. The molecule has 0 aliphatic rings. The van der Waals surface area contributed by atoms with E-state index < -0.39 is 30.2 Å². The Labute approximate surface area is 325 Å². The fourth-order valence-electron chi connectivity index (χ4n) is 4.64. The third kappa shape index (κ3) is 14.5. The molecule has 4 aromatic rings. The number of nitrogens with one attached hydrogen (secondary N) is 3. The molecule has 284 valence electrons. The van der Waals surface area contributed by atoms with Crippen LogP contribution >= 0.6 is 46.4 Å². The summed E-state index contributed by atoms with van der Waals surface area (Å²) in [7, 11) is 0. The van der Waals surface area contributed by atoms with E-state index in [1.54, 1.807) is 12.1 Å². The molecule has 1 amide bonds. The highest BCUT2D eigenvalue weighted by Gasteiger charge is 2.16. The van der Waals surface area contributed by atoms with E-state index in [9.17, 15) is 23.2 Å². The molecule has 16 heteroatoms. The SMILES string of the molecule is CCCNc1cc(F)cc(COc2c(Cl)cc(C(=O)NCC(=O)O)cc2Cl)c1.CCCNc1cc(F)cc(COc2c(Cl)cc(CC(=O)O)cc2Cl)c1. The van der Waals surface area contributed by atoms with E-state index in [1.165, 1.54) is 48.5 Å². The average molecular weight is 816 g/mol. The van der Waals surface area contributed by atoms with Crippen molar-refractivity contribution in [2.45, 2.75) is 46.3 Å². The van der Waals surface area contributed by atoms with Gasteiger partial charge in [-0.2, -0.15) is 0 Å². The maximum Gasteiger partial charge on any atom is 0.322 e. The molecule has 0 saturated heterocycles. The predicted molar refractivity (Wildman–Crippen MR) is 203 cm³/mol. The molecular weight excluding hydrogens is 778 g/mol. The number of carbonyl (C=O) groups excluding carboxylic acids is 1. The minimum absolute atomic E-state index is 0.0164. The molecule has 0 radical (unpaired) electrons. The topological polar surface area (TPSA) is 146 Å². The smallest absolute Gasteiger partial charge is 0.322 e. The van der Waals surface area contributed by atoms with Gasteiger partial charge in [-0.15, -0.1) is 0 Å². The number of carboxylic acid groups (broad SMARTS) is 2. The number of carboxylic acids is 2. The van der Waals surface area contributed by atoms with Crippen LogP contribution in [0.5, 0.6) is 11.5 Å². The second-order valence-electron chi connectivity index (χ2n) is 11.4. The molecule has 0 heterocycles. The van der Waals surface area contributed by atoms with Gasteiger partial charge < -0.3 is 35.6 Å². The molecule has 0 aliphatic carbocycles. The Balaban J connectivity index is 0.000000287. The second kappa shape index (κ2) is 21.3. The van der Waals surface area contributed by atoms with Crippen LogP contribution in [-0.4, -0.2) is 47.7 Å². The Kier molecular flexibility index (Phi) is 17.2. The molecule has 4 aromatic carbocycles. The molecule has 0 aromatic heterocycles. The number of halogens is 6. The summed E-state index contributed by atoms with van der Waals surface area (Å²) < 4.78 is 38.7. The van der Waals surface area contributed by atoms with Gasteiger partial charge in [0.15, 0.2) is 11.5 Å². The molecule has 0 atom stereocenters. The number of aliphatic carboxylic acids is 2. The minimum Gasteiger partial charge on any atom is -0.486 e. The number of amides is 1. The standard InChI is InChI=1S/C19H19Cl2FN2O4.C18H18Cl2FNO3/c1-2-3-23-14-5-11(4-13(22)8-14)10-28-18-15(20)6-12(7-16(18)21)19(27)24-9-17(25)26;1-2-3-22-14-5-12(4-13(21)9-14)10-25-18-15(19)6-11(7-16(18)20)8-17(23)24/h4-8,23H,2-3,9-10H2,1H3,(H,24,27)(H,25,26);4-7,9,22H,2-3,8,10H2,1H3,(H,23,24). The number of rotatable bonds is 17. The number of benzene rings is 4. The lowest BCUT2D eigenvalue weighted by Crippen LogP contribution is -2.29. The van der Waals surface area contributed by atoms with Crippen molar-refractivity contribution in [3.63, 3.8) is 0 Å². The van der Waals surface area contributed by atoms with Crippen LogP contribution in [0.3, 0.4) is 0 Å². The van der Waals surface area contributed by atoms with Gasteiger partial charge in [-0.25, -0.2) is 8.78 Å². The summed E-state index contributed by atoms with van der Waals surface area (Å²) in [6, 6.07) is 14.7. The van der Waals surface area contributed by atoms with Crippen molar-refractivity contribution >= 4 is 75.6 Å². The highest BCUT2D eigenvalue weighted by atomic mass is 35.5. The Morgan fingerprint density at radius 1 is 0.623 bits per heavy atom. The molecule has 0 unspecified atom stereocenters. The third-order valence-corrected chi connectivity index (χ3v) is 8.04. The summed E-state index contributed by atoms with van der Waals surface area (Å²) in [6.07, 6.45) is 1.65. The van der Waals surface area contributed by atoms with E-state index in [2.05, 4.69) is 16.0 Å². The number of hydrogen-bond donors (Lipinski definition) is 5. The molecular formula is C37H37Cl4F2N3O7. The van der Waals surface area contributed by atoms with Crippen molar-refractivity contribution in [1.29, 1.82) is 0 Å². The lowest BCUT2D eigenvalue weighted by atomic mass is 10.1. The van der Waals surface area contributed by atoms with Crippen molar-refractivity contribution < 1.29 is 42.9 Å². The molecule has 10 nitrogen and oxygen atoms in total. The minimum atomic E-state index is -1.17. The number of hydrogen-bond acceptors (Lipinski definition) is 7. The van der Waals surface area contributed by atoms with Gasteiger partial charge >= 0.3 is 11.9 Å². The summed E-state index contributed by atoms with van der Waals surface area (Å²) in [4.78, 5) is 33.2. The average Bonchev–Trinajstić information content (AvgIpc) is 3.07. The number of carbonyl (C=O) groups is 3. The molecule has 0 bridgehead atoms. The highest BCUT2D eigenvalue weighted by Crippen LogP contribution is 2.36. The van der Waals surface area contributed by atoms with Gasteiger partial charge in [0.2, 0.25) is 0 Å². The molecule has 0 aliphatic heterocycles. The van der Waals surface area contributed by atoms with Gasteiger partial charge in [0.25, 0.3) is 5.91 Å². The van der Waals surface area contributed by atoms with Crippen LogP contribution in [0.1, 0.15) is 53.7 Å². The number of anilines is 2. The zero-order valence-corrected chi connectivity index (χ0v) is 31.7. The van der Waals surface area contributed by atoms with Crippen LogP contribution in [-0.2, 0) is 29.2 Å². The Hall–Kier alpha value is -4.49. The summed E-state index contributed by atoms with van der Waals surface area (Å²) in [6.45, 7) is 5.05. The van der Waals surface area contributed by atoms with Crippen molar-refractivity contribution in [2.24, 2.45) is 0 Å². The van der Waals surface area contributed by atoms with Crippen LogP contribution in [0.25, 0.3) is 0 Å². The largest absolute Gasteiger partial charge is 0.486 e. The van der Waals surface area contributed by atoms with Crippen molar-refractivity contribution in [1.82, 2.24) is 5.32 Å². The first-order valence-corrected chi connectivity index (χ1v) is 17.7. The maximum absolute atomic E-state index is 13.8. The molecule has 0 saturated carbocycles. The zero-order valence-electron chi connectivity index (χ0n) is 28.6. The summed E-state index contributed by atoms with van der Waals surface area (Å²) in [5.41, 5.74) is 3.10. The Morgan fingerprint density at radius 3 is 1.45 bits per heavy atom. The summed E-state index contributed by atoms with van der Waals surface area (Å²) >= 11 is 24.5. The third-order valence-electron chi connectivity index (χ3n) is 6.91. The molecule has 0 spiro atoms. The van der Waals surface area contributed by atoms with Gasteiger partial charge in [0.05, 0.1) is 26.5 Å². The highest BCUT2D eigenvalue weighted by molar-refractivity contribution is 6.38. The van der Waals surface area contributed by atoms with Gasteiger partial charge in [0.1, 0.15) is 31.4 Å². The van der Waals surface area contributed by atoms with E-state index >= 15 is 0 Å². The lowest BCUT2D eigenvalue weighted by Gasteiger charge is -2.13. The van der Waals surface area contributed by atoms with E-state index in [0.717, 1.165) is 19.4 Å². The van der Waals surface area contributed by atoms with E-state index in [-0.39, 0.29) is 62.6 Å². The second-order valence-corrected chi connectivity index (χ2v) is 13.1. The van der Waals surface area contributed by atoms with Crippen LogP contribution in [0, 0.1) is 11.6 Å². The fourth-order valence-corrected chi connectivity index (χ4v) is 5.87. The van der Waals surface area contributed by atoms with E-state index in [0.29, 0.717) is 34.6 Å². The fraction of sp³-hybridized carbons (Fsp3) is 0.270. The number of ether oxygens (including phenoxy) is 2.